The molecule has 0 bridgehead atoms. The highest BCUT2D eigenvalue weighted by atomic mass is 79.9. The van der Waals surface area contributed by atoms with Crippen molar-refractivity contribution in [1.29, 1.82) is 0 Å². The number of nitro groups is 1. The van der Waals surface area contributed by atoms with Gasteiger partial charge in [0, 0.05) is 32.7 Å². The van der Waals surface area contributed by atoms with Gasteiger partial charge >= 0.3 is 5.97 Å². The number of allylic oxidation sites excluding steroid dienone is 1. The van der Waals surface area contributed by atoms with Crippen LogP contribution in [0, 0.1) is 10.1 Å². The molecular weight excluding hydrogens is 722 g/mol. The average molecular weight is 747 g/mol. The number of esters is 1. The van der Waals surface area contributed by atoms with E-state index in [-0.39, 0.29) is 23.4 Å². The first-order chi connectivity index (χ1) is 21.1. The second kappa shape index (κ2) is 12.9. The van der Waals surface area contributed by atoms with Crippen LogP contribution in [-0.4, -0.2) is 35.8 Å². The van der Waals surface area contributed by atoms with Crippen LogP contribution in [0.2, 0.25) is 0 Å². The topological polar surface area (TPSA) is 135 Å². The molecule has 2 aromatic carbocycles. The Morgan fingerprint density at radius 3 is 2.57 bits per heavy atom. The van der Waals surface area contributed by atoms with Gasteiger partial charge in [0.2, 0.25) is 0 Å². The largest absolute Gasteiger partial charge is 0.493 e. The first kappa shape index (κ1) is 31.4. The van der Waals surface area contributed by atoms with Gasteiger partial charge < -0.3 is 18.6 Å². The molecular formula is C30H25Br2N3O8S. The van der Waals surface area contributed by atoms with Crippen molar-refractivity contribution in [3.05, 3.63) is 104 Å². The number of furan rings is 1. The molecule has 0 N–H and O–H groups in total. The van der Waals surface area contributed by atoms with Gasteiger partial charge in [-0.1, -0.05) is 27.3 Å². The van der Waals surface area contributed by atoms with E-state index < -0.39 is 16.9 Å². The van der Waals surface area contributed by atoms with Crippen LogP contribution in [0.25, 0.3) is 17.4 Å². The minimum Gasteiger partial charge on any atom is -0.493 e. The van der Waals surface area contributed by atoms with Crippen LogP contribution in [0.15, 0.2) is 76.9 Å². The van der Waals surface area contributed by atoms with E-state index in [2.05, 4.69) is 36.9 Å². The zero-order valence-electron chi connectivity index (χ0n) is 23.9. The van der Waals surface area contributed by atoms with Crippen molar-refractivity contribution in [2.45, 2.75) is 26.8 Å². The summed E-state index contributed by atoms with van der Waals surface area (Å²) in [6, 6.07) is 10.4. The quantitative estimate of drug-likeness (QED) is 0.117. The smallest absolute Gasteiger partial charge is 0.338 e. The highest BCUT2D eigenvalue weighted by Gasteiger charge is 2.35. The lowest BCUT2D eigenvalue weighted by Gasteiger charge is -2.26. The molecule has 1 aliphatic heterocycles. The predicted octanol–water partition coefficient (Wildman–Crippen LogP) is 5.90. The van der Waals surface area contributed by atoms with Crippen molar-refractivity contribution >= 4 is 60.9 Å². The van der Waals surface area contributed by atoms with E-state index in [1.165, 1.54) is 23.8 Å². The van der Waals surface area contributed by atoms with E-state index in [9.17, 15) is 19.7 Å². The molecule has 0 fully saturated rings. The molecule has 11 nitrogen and oxygen atoms in total. The molecule has 3 heterocycles. The third-order valence-electron chi connectivity index (χ3n) is 6.72. The molecule has 14 heteroatoms. The number of rotatable bonds is 9. The fourth-order valence-electron chi connectivity index (χ4n) is 4.80. The van der Waals surface area contributed by atoms with Crippen molar-refractivity contribution in [2.75, 3.05) is 20.3 Å². The lowest BCUT2D eigenvalue weighted by Crippen LogP contribution is -2.40. The molecule has 44 heavy (non-hydrogen) atoms. The number of nitro benzene ring substituents is 1. The van der Waals surface area contributed by atoms with Gasteiger partial charge in [0.15, 0.2) is 16.3 Å². The standard InChI is InChI=1S/C30H25Br2N3O8S/c1-5-41-24-14-21(32)19(13-23(24)40-4)27-26(29(37)42-6-2)15(3)33-30-34(27)28(36)25(44-30)12-17-8-10-22(43-17)18-9-7-16(35(38)39)11-20(18)31/h7-14,27H,5-6H2,1-4H3/b25-12+/t27-/m0/s1. The van der Waals surface area contributed by atoms with E-state index in [1.54, 1.807) is 50.3 Å². The monoisotopic (exact) mass is 745 g/mol. The molecule has 0 amide bonds. The van der Waals surface area contributed by atoms with Gasteiger partial charge in [-0.05, 0) is 72.6 Å². The first-order valence-corrected chi connectivity index (χ1v) is 15.7. The Labute approximate surface area is 271 Å². The summed E-state index contributed by atoms with van der Waals surface area (Å²) in [7, 11) is 1.52. The summed E-state index contributed by atoms with van der Waals surface area (Å²) in [5.74, 6) is 1.19. The number of methoxy groups -OCH3 is 1. The average Bonchev–Trinajstić information content (AvgIpc) is 3.56. The summed E-state index contributed by atoms with van der Waals surface area (Å²) in [4.78, 5) is 42.9. The minimum atomic E-state index is -0.880. The van der Waals surface area contributed by atoms with E-state index in [0.29, 0.717) is 64.7 Å². The number of ether oxygens (including phenoxy) is 3. The van der Waals surface area contributed by atoms with Gasteiger partial charge in [-0.15, -0.1) is 0 Å². The minimum absolute atomic E-state index is 0.0580. The van der Waals surface area contributed by atoms with Gasteiger partial charge in [-0.2, -0.15) is 0 Å². The summed E-state index contributed by atoms with van der Waals surface area (Å²) in [5.41, 5.74) is 1.39. The molecule has 1 aliphatic rings. The van der Waals surface area contributed by atoms with E-state index in [4.69, 9.17) is 18.6 Å². The van der Waals surface area contributed by atoms with Crippen LogP contribution < -0.4 is 24.4 Å². The van der Waals surface area contributed by atoms with Crippen molar-refractivity contribution < 1.29 is 28.3 Å². The zero-order chi connectivity index (χ0) is 31.7. The summed E-state index contributed by atoms with van der Waals surface area (Å²) in [6.45, 7) is 5.83. The Kier molecular flexibility index (Phi) is 9.23. The first-order valence-electron chi connectivity index (χ1n) is 13.3. The van der Waals surface area contributed by atoms with Gasteiger partial charge in [0.1, 0.15) is 11.5 Å². The lowest BCUT2D eigenvalue weighted by molar-refractivity contribution is -0.384. The molecule has 2 aromatic heterocycles. The molecule has 5 rings (SSSR count). The number of carbonyl (C=O) groups excluding carboxylic acids is 1. The number of non-ortho nitro benzene ring substituents is 1. The molecule has 0 saturated heterocycles. The number of benzene rings is 2. The Hall–Kier alpha value is -4.01. The van der Waals surface area contributed by atoms with E-state index in [1.807, 2.05) is 6.92 Å². The Morgan fingerprint density at radius 1 is 1.14 bits per heavy atom. The van der Waals surface area contributed by atoms with Crippen molar-refractivity contribution in [2.24, 2.45) is 4.99 Å². The predicted molar refractivity (Wildman–Crippen MR) is 171 cm³/mol. The molecule has 4 aromatic rings. The van der Waals surface area contributed by atoms with Crippen LogP contribution >= 0.6 is 43.2 Å². The van der Waals surface area contributed by atoms with Crippen LogP contribution in [-0.2, 0) is 9.53 Å². The number of fused-ring (bicyclic) bond motifs is 1. The molecule has 228 valence electrons. The second-order valence-electron chi connectivity index (χ2n) is 9.38. The second-order valence-corrected chi connectivity index (χ2v) is 12.1. The van der Waals surface area contributed by atoms with Crippen LogP contribution in [0.5, 0.6) is 11.5 Å². The highest BCUT2D eigenvalue weighted by Crippen LogP contribution is 2.41. The molecule has 1 atom stereocenters. The molecule has 0 unspecified atom stereocenters. The maximum absolute atomic E-state index is 14.0. The Bertz CT molecular complexity index is 2010. The number of halogens is 2. The van der Waals surface area contributed by atoms with E-state index in [0.717, 1.165) is 11.3 Å². The van der Waals surface area contributed by atoms with Crippen molar-refractivity contribution in [3.8, 4) is 22.8 Å². The SMILES string of the molecule is CCOC(=O)C1=C(C)N=c2s/c(=C/c3ccc(-c4ccc([N+](=O)[O-])cc4Br)o3)c(=O)n2[C@H]1c1cc(OC)c(OCC)cc1Br. The number of hydrogen-bond acceptors (Lipinski definition) is 10. The number of nitrogens with zero attached hydrogens (tertiary/aromatic N) is 3. The number of carbonyl (C=O) groups is 1. The van der Waals surface area contributed by atoms with Crippen LogP contribution in [0.1, 0.15) is 38.1 Å². The van der Waals surface area contributed by atoms with Crippen molar-refractivity contribution in [1.82, 2.24) is 4.57 Å². The summed E-state index contributed by atoms with van der Waals surface area (Å²) >= 11 is 8.14. The van der Waals surface area contributed by atoms with Crippen LogP contribution in [0.3, 0.4) is 0 Å². The van der Waals surface area contributed by atoms with Crippen molar-refractivity contribution in [3.63, 3.8) is 0 Å². The number of thiazole rings is 1. The zero-order valence-corrected chi connectivity index (χ0v) is 27.9. The van der Waals surface area contributed by atoms with Gasteiger partial charge in [0.25, 0.3) is 11.2 Å². The van der Waals surface area contributed by atoms with Gasteiger partial charge in [-0.3, -0.25) is 19.5 Å². The summed E-state index contributed by atoms with van der Waals surface area (Å²) < 4.78 is 25.6. The highest BCUT2D eigenvalue weighted by molar-refractivity contribution is 9.10. The molecule has 0 spiro atoms. The summed E-state index contributed by atoms with van der Waals surface area (Å²) in [5, 5.41) is 11.1. The normalized spacial score (nSPS) is 14.7. The molecule has 0 aliphatic carbocycles. The van der Waals surface area contributed by atoms with Gasteiger partial charge in [0.05, 0.1) is 47.1 Å². The van der Waals surface area contributed by atoms with E-state index >= 15 is 0 Å². The van der Waals surface area contributed by atoms with Crippen LogP contribution in [0.4, 0.5) is 5.69 Å². The maximum atomic E-state index is 14.0. The Balaban J connectivity index is 1.65. The Morgan fingerprint density at radius 2 is 1.91 bits per heavy atom. The fourth-order valence-corrected chi connectivity index (χ4v) is 6.92. The number of hydrogen-bond donors (Lipinski definition) is 0. The van der Waals surface area contributed by atoms with Gasteiger partial charge in [-0.25, -0.2) is 9.79 Å². The molecule has 0 radical (unpaired) electrons. The summed E-state index contributed by atoms with van der Waals surface area (Å²) in [6.07, 6.45) is 1.60. The third-order valence-corrected chi connectivity index (χ3v) is 9.05. The fraction of sp³-hybridized carbons (Fsp3) is 0.233. The molecule has 0 saturated carbocycles. The third kappa shape index (κ3) is 5.88. The lowest BCUT2D eigenvalue weighted by atomic mass is 9.95. The number of aromatic nitrogens is 1. The maximum Gasteiger partial charge on any atom is 0.338 e.